The van der Waals surface area contributed by atoms with Gasteiger partial charge in [0.25, 0.3) is 0 Å². The summed E-state index contributed by atoms with van der Waals surface area (Å²) in [4.78, 5) is 4.36. The zero-order valence-electron chi connectivity index (χ0n) is 12.2. The third-order valence-electron chi connectivity index (χ3n) is 3.65. The summed E-state index contributed by atoms with van der Waals surface area (Å²) in [5.41, 5.74) is 1.70. The second kappa shape index (κ2) is 6.65. The van der Waals surface area contributed by atoms with Crippen molar-refractivity contribution in [1.82, 2.24) is 14.6 Å². The van der Waals surface area contributed by atoms with Gasteiger partial charge in [-0.25, -0.2) is 8.42 Å². The van der Waals surface area contributed by atoms with Crippen LogP contribution in [0.3, 0.4) is 0 Å². The second-order valence-electron chi connectivity index (χ2n) is 5.52. The van der Waals surface area contributed by atoms with E-state index in [0.717, 1.165) is 37.3 Å². The molecule has 0 bridgehead atoms. The summed E-state index contributed by atoms with van der Waals surface area (Å²) in [5.74, 6) is 0.448. The molecule has 0 saturated carbocycles. The molecule has 1 atom stereocenters. The number of hydrogen-bond acceptors (Lipinski definition) is 4. The number of rotatable bonds is 5. The van der Waals surface area contributed by atoms with Crippen LogP contribution in [-0.2, 0) is 16.6 Å². The molecule has 1 aliphatic rings. The van der Waals surface area contributed by atoms with Gasteiger partial charge in [0.2, 0.25) is 10.0 Å². The number of nitrogens with zero attached hydrogens (tertiary/aromatic N) is 2. The zero-order chi connectivity index (χ0) is 14.6. The van der Waals surface area contributed by atoms with Crippen LogP contribution in [0.1, 0.15) is 24.2 Å². The second-order valence-corrected chi connectivity index (χ2v) is 7.64. The first kappa shape index (κ1) is 15.4. The van der Waals surface area contributed by atoms with Gasteiger partial charge in [-0.2, -0.15) is 4.31 Å². The number of sulfonamides is 1. The smallest absolute Gasteiger partial charge is 0.214 e. The molecule has 0 spiro atoms. The number of aryl methyl sites for hydroxylation is 1. The molecule has 5 nitrogen and oxygen atoms in total. The Kier molecular flexibility index (Phi) is 5.12. The van der Waals surface area contributed by atoms with Gasteiger partial charge in [0.05, 0.1) is 18.0 Å². The molecule has 20 heavy (non-hydrogen) atoms. The molecule has 0 aromatic carbocycles. The van der Waals surface area contributed by atoms with E-state index in [1.54, 1.807) is 7.05 Å². The van der Waals surface area contributed by atoms with Gasteiger partial charge in [-0.15, -0.1) is 0 Å². The van der Waals surface area contributed by atoms with Crippen LogP contribution in [0.5, 0.6) is 0 Å². The van der Waals surface area contributed by atoms with Crippen LogP contribution < -0.4 is 5.32 Å². The number of pyridine rings is 1. The third-order valence-corrected chi connectivity index (χ3v) is 5.62. The minimum absolute atomic E-state index is 0.224. The largest absolute Gasteiger partial charge is 0.316 e. The molecule has 1 N–H and O–H groups in total. The lowest BCUT2D eigenvalue weighted by Gasteiger charge is -2.25. The van der Waals surface area contributed by atoms with Crippen molar-refractivity contribution in [3.63, 3.8) is 0 Å². The van der Waals surface area contributed by atoms with Crippen molar-refractivity contribution in [3.8, 4) is 0 Å². The van der Waals surface area contributed by atoms with E-state index >= 15 is 0 Å². The summed E-state index contributed by atoms with van der Waals surface area (Å²) in [5, 5.41) is 3.26. The SMILES string of the molecule is Cc1cccc(CN(C)S(=O)(=O)CC2CCCNC2)n1. The van der Waals surface area contributed by atoms with E-state index in [9.17, 15) is 8.42 Å². The molecule has 2 rings (SSSR count). The van der Waals surface area contributed by atoms with Gasteiger partial charge in [-0.1, -0.05) is 6.07 Å². The van der Waals surface area contributed by atoms with E-state index in [1.807, 2.05) is 25.1 Å². The fraction of sp³-hybridized carbons (Fsp3) is 0.643. The molecule has 2 heterocycles. The Bertz CT molecular complexity index is 539. The summed E-state index contributed by atoms with van der Waals surface area (Å²) >= 11 is 0. The fourth-order valence-corrected chi connectivity index (χ4v) is 3.97. The Morgan fingerprint density at radius 2 is 2.25 bits per heavy atom. The molecule has 0 radical (unpaired) electrons. The van der Waals surface area contributed by atoms with Crippen LogP contribution in [0, 0.1) is 12.8 Å². The fourth-order valence-electron chi connectivity index (χ4n) is 2.51. The topological polar surface area (TPSA) is 62.3 Å². The minimum Gasteiger partial charge on any atom is -0.316 e. The molecular formula is C14H23N3O2S. The van der Waals surface area contributed by atoms with E-state index in [4.69, 9.17) is 0 Å². The highest BCUT2D eigenvalue weighted by molar-refractivity contribution is 7.89. The predicted molar refractivity (Wildman–Crippen MR) is 79.8 cm³/mol. The van der Waals surface area contributed by atoms with Crippen molar-refractivity contribution in [3.05, 3.63) is 29.6 Å². The van der Waals surface area contributed by atoms with Crippen molar-refractivity contribution >= 4 is 10.0 Å². The van der Waals surface area contributed by atoms with Crippen molar-refractivity contribution in [2.24, 2.45) is 5.92 Å². The zero-order valence-corrected chi connectivity index (χ0v) is 13.0. The Hall–Kier alpha value is -0.980. The molecule has 1 fully saturated rings. The van der Waals surface area contributed by atoms with Crippen molar-refractivity contribution in [1.29, 1.82) is 0 Å². The first-order valence-corrected chi connectivity index (χ1v) is 8.65. The molecule has 1 aromatic heterocycles. The molecule has 1 aliphatic heterocycles. The monoisotopic (exact) mass is 297 g/mol. The van der Waals surface area contributed by atoms with Crippen molar-refractivity contribution in [2.45, 2.75) is 26.3 Å². The van der Waals surface area contributed by atoms with Gasteiger partial charge in [0.1, 0.15) is 0 Å². The quantitative estimate of drug-likeness (QED) is 0.885. The molecule has 1 aromatic rings. The maximum absolute atomic E-state index is 12.4. The Morgan fingerprint density at radius 3 is 2.90 bits per heavy atom. The lowest BCUT2D eigenvalue weighted by molar-refractivity contribution is 0.390. The van der Waals surface area contributed by atoms with Crippen LogP contribution in [0.15, 0.2) is 18.2 Å². The Balaban J connectivity index is 1.97. The third kappa shape index (κ3) is 4.26. The highest BCUT2D eigenvalue weighted by atomic mass is 32.2. The lowest BCUT2D eigenvalue weighted by Crippen LogP contribution is -2.38. The maximum Gasteiger partial charge on any atom is 0.214 e. The van der Waals surface area contributed by atoms with Crippen LogP contribution in [-0.4, -0.2) is 43.6 Å². The minimum atomic E-state index is -3.22. The van der Waals surface area contributed by atoms with Crippen molar-refractivity contribution < 1.29 is 8.42 Å². The average Bonchev–Trinajstić information content (AvgIpc) is 2.39. The predicted octanol–water partition coefficient (Wildman–Crippen LogP) is 1.15. The normalized spacial score (nSPS) is 20.2. The molecule has 1 unspecified atom stereocenters. The molecule has 0 aliphatic carbocycles. The average molecular weight is 297 g/mol. The van der Waals surface area contributed by atoms with E-state index in [2.05, 4.69) is 10.3 Å². The molecule has 112 valence electrons. The first-order chi connectivity index (χ1) is 9.47. The lowest BCUT2D eigenvalue weighted by atomic mass is 10.0. The van der Waals surface area contributed by atoms with E-state index in [-0.39, 0.29) is 11.7 Å². The summed E-state index contributed by atoms with van der Waals surface area (Å²) in [7, 11) is -1.58. The van der Waals surface area contributed by atoms with Gasteiger partial charge in [0.15, 0.2) is 0 Å². The molecule has 6 heteroatoms. The van der Waals surface area contributed by atoms with Gasteiger partial charge >= 0.3 is 0 Å². The summed E-state index contributed by atoms with van der Waals surface area (Å²) < 4.78 is 26.1. The summed E-state index contributed by atoms with van der Waals surface area (Å²) in [6, 6.07) is 5.68. The van der Waals surface area contributed by atoms with Gasteiger partial charge < -0.3 is 5.32 Å². The summed E-state index contributed by atoms with van der Waals surface area (Å²) in [6.07, 6.45) is 2.05. The number of hydrogen-bond donors (Lipinski definition) is 1. The van der Waals surface area contributed by atoms with Gasteiger partial charge in [0, 0.05) is 12.7 Å². The summed E-state index contributed by atoms with van der Waals surface area (Å²) in [6.45, 7) is 4.05. The number of piperidine rings is 1. The van der Waals surface area contributed by atoms with Crippen LogP contribution in [0.2, 0.25) is 0 Å². The number of nitrogens with one attached hydrogen (secondary N) is 1. The van der Waals surface area contributed by atoms with Crippen molar-refractivity contribution in [2.75, 3.05) is 25.9 Å². The van der Waals surface area contributed by atoms with E-state index < -0.39 is 10.0 Å². The molecule has 1 saturated heterocycles. The van der Waals surface area contributed by atoms with E-state index in [0.29, 0.717) is 6.54 Å². The Labute approximate surface area is 121 Å². The first-order valence-electron chi connectivity index (χ1n) is 7.04. The highest BCUT2D eigenvalue weighted by Crippen LogP contribution is 2.15. The standard InChI is InChI=1S/C14H23N3O2S/c1-12-5-3-7-14(16-12)10-17(2)20(18,19)11-13-6-4-8-15-9-13/h3,5,7,13,15H,4,6,8-11H2,1-2H3. The maximum atomic E-state index is 12.4. The van der Waals surface area contributed by atoms with Crippen LogP contribution >= 0.6 is 0 Å². The van der Waals surface area contributed by atoms with E-state index in [1.165, 1.54) is 4.31 Å². The molecule has 0 amide bonds. The number of aromatic nitrogens is 1. The van der Waals surface area contributed by atoms with Gasteiger partial charge in [-0.05, 0) is 50.9 Å². The van der Waals surface area contributed by atoms with Crippen LogP contribution in [0.4, 0.5) is 0 Å². The van der Waals surface area contributed by atoms with Crippen LogP contribution in [0.25, 0.3) is 0 Å². The van der Waals surface area contributed by atoms with Gasteiger partial charge in [-0.3, -0.25) is 4.98 Å². The highest BCUT2D eigenvalue weighted by Gasteiger charge is 2.25. The molecular weight excluding hydrogens is 274 g/mol. The Morgan fingerprint density at radius 1 is 1.45 bits per heavy atom.